The summed E-state index contributed by atoms with van der Waals surface area (Å²) in [6, 6.07) is 16.6. The third-order valence-electron chi connectivity index (χ3n) is 3.14. The molecule has 1 unspecified atom stereocenters. The monoisotopic (exact) mass is 271 g/mol. The molecule has 0 radical (unpaired) electrons. The van der Waals surface area contributed by atoms with Crippen molar-refractivity contribution in [2.24, 2.45) is 0 Å². The Morgan fingerprint density at radius 3 is 2.47 bits per heavy atom. The second-order valence-corrected chi connectivity index (χ2v) is 6.20. The molecular weight excluding hydrogens is 254 g/mol. The van der Waals surface area contributed by atoms with E-state index in [1.54, 1.807) is 0 Å². The van der Waals surface area contributed by atoms with Crippen LogP contribution < -0.4 is 4.74 Å². The zero-order valence-corrected chi connectivity index (χ0v) is 12.0. The van der Waals surface area contributed by atoms with Gasteiger partial charge in [0.2, 0.25) is 0 Å². The van der Waals surface area contributed by atoms with Crippen LogP contribution in [0.1, 0.15) is 10.8 Å². The maximum atomic E-state index is 6.07. The maximum Gasteiger partial charge on any atom is 0.141 e. The lowest BCUT2D eigenvalue weighted by Gasteiger charge is -2.20. The second kappa shape index (κ2) is 5.27. The summed E-state index contributed by atoms with van der Waals surface area (Å²) in [6.45, 7) is 0.999. The van der Waals surface area contributed by atoms with E-state index in [4.69, 9.17) is 4.74 Å². The molecule has 1 aliphatic heterocycles. The van der Waals surface area contributed by atoms with Crippen molar-refractivity contribution in [2.75, 3.05) is 20.6 Å². The van der Waals surface area contributed by atoms with E-state index in [0.717, 1.165) is 18.0 Å². The zero-order valence-electron chi connectivity index (χ0n) is 11.2. The number of benzene rings is 2. The molecule has 3 rings (SSSR count). The Balaban J connectivity index is 2.06. The summed E-state index contributed by atoms with van der Waals surface area (Å²) >= 11 is 1.88. The Morgan fingerprint density at radius 1 is 1.00 bits per heavy atom. The minimum atomic E-state index is 0.398. The molecule has 2 aromatic carbocycles. The van der Waals surface area contributed by atoms with Gasteiger partial charge in [-0.3, -0.25) is 0 Å². The Hall–Kier alpha value is -1.45. The number of nitrogens with zero attached hydrogens (tertiary/aromatic N) is 1. The van der Waals surface area contributed by atoms with E-state index in [1.165, 1.54) is 10.5 Å². The second-order valence-electron chi connectivity index (χ2n) is 4.96. The smallest absolute Gasteiger partial charge is 0.141 e. The highest BCUT2D eigenvalue weighted by Gasteiger charge is 2.23. The van der Waals surface area contributed by atoms with Crippen LogP contribution in [0.5, 0.6) is 11.5 Å². The summed E-state index contributed by atoms with van der Waals surface area (Å²) in [5, 5.41) is 0.398. The molecule has 0 N–H and O–H groups in total. The number of hydrogen-bond acceptors (Lipinski definition) is 3. The van der Waals surface area contributed by atoms with Crippen LogP contribution in [0.3, 0.4) is 0 Å². The molecule has 0 fully saturated rings. The number of fused-ring (bicyclic) bond motifs is 2. The van der Waals surface area contributed by atoms with E-state index in [0.29, 0.717) is 5.25 Å². The van der Waals surface area contributed by atoms with Crippen molar-refractivity contribution in [3.63, 3.8) is 0 Å². The molecule has 1 heterocycles. The first-order valence-electron chi connectivity index (χ1n) is 6.41. The number of rotatable bonds is 2. The van der Waals surface area contributed by atoms with Crippen molar-refractivity contribution in [3.05, 3.63) is 54.1 Å². The van der Waals surface area contributed by atoms with Crippen molar-refractivity contribution in [1.82, 2.24) is 4.90 Å². The van der Waals surface area contributed by atoms with Crippen LogP contribution in [0, 0.1) is 0 Å². The first-order valence-corrected chi connectivity index (χ1v) is 7.29. The van der Waals surface area contributed by atoms with Gasteiger partial charge in [-0.2, -0.15) is 0 Å². The van der Waals surface area contributed by atoms with Crippen LogP contribution in [0.2, 0.25) is 0 Å². The fourth-order valence-corrected chi connectivity index (χ4v) is 3.66. The first-order chi connectivity index (χ1) is 9.24. The minimum Gasteiger partial charge on any atom is -0.456 e. The number of likely N-dealkylation sites (N-methyl/N-ethyl adjacent to an activating group) is 1. The van der Waals surface area contributed by atoms with Crippen molar-refractivity contribution in [1.29, 1.82) is 0 Å². The number of ether oxygens (including phenoxy) is 1. The molecule has 0 amide bonds. The van der Waals surface area contributed by atoms with Gasteiger partial charge in [-0.05, 0) is 32.3 Å². The lowest BCUT2D eigenvalue weighted by atomic mass is 10.1. The summed E-state index contributed by atoms with van der Waals surface area (Å²) < 4.78 is 6.07. The molecule has 3 heteroatoms. The van der Waals surface area contributed by atoms with Gasteiger partial charge < -0.3 is 9.64 Å². The molecule has 0 saturated heterocycles. The van der Waals surface area contributed by atoms with Gasteiger partial charge in [-0.1, -0.05) is 30.3 Å². The van der Waals surface area contributed by atoms with Crippen LogP contribution in [-0.4, -0.2) is 25.5 Å². The fraction of sp³-hybridized carbons (Fsp3) is 0.250. The molecule has 98 valence electrons. The van der Waals surface area contributed by atoms with Crippen LogP contribution in [0.4, 0.5) is 0 Å². The van der Waals surface area contributed by atoms with Crippen molar-refractivity contribution in [2.45, 2.75) is 10.1 Å². The Kier molecular flexibility index (Phi) is 3.49. The summed E-state index contributed by atoms with van der Waals surface area (Å²) in [7, 11) is 4.22. The Morgan fingerprint density at radius 2 is 1.68 bits per heavy atom. The molecule has 2 aromatic rings. The van der Waals surface area contributed by atoms with Gasteiger partial charge in [0.15, 0.2) is 0 Å². The molecule has 1 atom stereocenters. The first kappa shape index (κ1) is 12.6. The van der Waals surface area contributed by atoms with E-state index >= 15 is 0 Å². The normalized spacial score (nSPS) is 17.3. The molecule has 0 aliphatic carbocycles. The SMILES string of the molecule is CN(C)CC1Sc2ccccc2Oc2ccccc21. The van der Waals surface area contributed by atoms with E-state index < -0.39 is 0 Å². The van der Waals surface area contributed by atoms with Gasteiger partial charge in [0.1, 0.15) is 11.5 Å². The highest BCUT2D eigenvalue weighted by atomic mass is 32.2. The van der Waals surface area contributed by atoms with Crippen molar-refractivity contribution >= 4 is 11.8 Å². The van der Waals surface area contributed by atoms with Crippen LogP contribution in [-0.2, 0) is 0 Å². The van der Waals surface area contributed by atoms with E-state index in [2.05, 4.69) is 49.3 Å². The lowest BCUT2D eigenvalue weighted by molar-refractivity contribution is 0.406. The summed E-state index contributed by atoms with van der Waals surface area (Å²) in [5.41, 5.74) is 1.28. The quantitative estimate of drug-likeness (QED) is 0.812. The van der Waals surface area contributed by atoms with Crippen LogP contribution in [0.15, 0.2) is 53.4 Å². The fourth-order valence-electron chi connectivity index (χ4n) is 2.27. The molecule has 19 heavy (non-hydrogen) atoms. The van der Waals surface area contributed by atoms with E-state index in [-0.39, 0.29) is 0 Å². The topological polar surface area (TPSA) is 12.5 Å². The van der Waals surface area contributed by atoms with Crippen molar-refractivity contribution < 1.29 is 4.74 Å². The molecule has 0 aromatic heterocycles. The molecule has 2 nitrogen and oxygen atoms in total. The van der Waals surface area contributed by atoms with Gasteiger partial charge >= 0.3 is 0 Å². The number of thioether (sulfide) groups is 1. The Bertz CT molecular complexity index is 582. The number of para-hydroxylation sites is 2. The summed E-state index contributed by atoms with van der Waals surface area (Å²) in [4.78, 5) is 3.44. The summed E-state index contributed by atoms with van der Waals surface area (Å²) in [6.07, 6.45) is 0. The van der Waals surface area contributed by atoms with Crippen LogP contribution >= 0.6 is 11.8 Å². The standard InChI is InChI=1S/C16H17NOS/c1-17(2)11-16-12-7-3-4-8-13(12)18-14-9-5-6-10-15(14)19-16/h3-10,16H,11H2,1-2H3. The highest BCUT2D eigenvalue weighted by Crippen LogP contribution is 2.47. The van der Waals surface area contributed by atoms with Gasteiger partial charge in [-0.15, -0.1) is 11.8 Å². The van der Waals surface area contributed by atoms with Crippen LogP contribution in [0.25, 0.3) is 0 Å². The predicted molar refractivity (Wildman–Crippen MR) is 80.1 cm³/mol. The largest absolute Gasteiger partial charge is 0.456 e. The average molecular weight is 271 g/mol. The summed E-state index contributed by atoms with van der Waals surface area (Å²) in [5.74, 6) is 1.94. The third kappa shape index (κ3) is 2.62. The molecule has 0 saturated carbocycles. The third-order valence-corrected chi connectivity index (χ3v) is 4.41. The van der Waals surface area contributed by atoms with Gasteiger partial charge in [0.05, 0.1) is 10.1 Å². The molecule has 0 bridgehead atoms. The maximum absolute atomic E-state index is 6.07. The molecule has 1 aliphatic rings. The van der Waals surface area contributed by atoms with Gasteiger partial charge in [0.25, 0.3) is 0 Å². The molecule has 0 spiro atoms. The zero-order chi connectivity index (χ0) is 13.2. The lowest BCUT2D eigenvalue weighted by Crippen LogP contribution is -2.18. The predicted octanol–water partition coefficient (Wildman–Crippen LogP) is 4.19. The van der Waals surface area contributed by atoms with Crippen molar-refractivity contribution in [3.8, 4) is 11.5 Å². The Labute approximate surface area is 118 Å². The highest BCUT2D eigenvalue weighted by molar-refractivity contribution is 7.99. The number of hydrogen-bond donors (Lipinski definition) is 0. The van der Waals surface area contributed by atoms with Gasteiger partial charge in [0, 0.05) is 12.1 Å². The minimum absolute atomic E-state index is 0.398. The van der Waals surface area contributed by atoms with E-state index in [1.807, 2.05) is 30.0 Å². The molecular formula is C16H17NOS. The van der Waals surface area contributed by atoms with Gasteiger partial charge in [-0.25, -0.2) is 0 Å². The average Bonchev–Trinajstić information content (AvgIpc) is 2.55. The van der Waals surface area contributed by atoms with E-state index in [9.17, 15) is 0 Å².